The highest BCUT2D eigenvalue weighted by atomic mass is 32.2. The highest BCUT2D eigenvalue weighted by molar-refractivity contribution is 7.89. The Morgan fingerprint density at radius 2 is 1.88 bits per heavy atom. The SMILES string of the molecule is COc1ccc(S(N)(=O)=O)cc1C(=O)OCC(=O)N1C[C@@H](C)O[C@H](C)C1. The van der Waals surface area contributed by atoms with E-state index in [4.69, 9.17) is 19.3 Å². The van der Waals surface area contributed by atoms with Crippen LogP contribution in [0.5, 0.6) is 5.75 Å². The number of primary sulfonamides is 1. The van der Waals surface area contributed by atoms with Crippen molar-refractivity contribution in [1.29, 1.82) is 0 Å². The Hall–Kier alpha value is -2.17. The van der Waals surface area contributed by atoms with Gasteiger partial charge in [-0.05, 0) is 32.0 Å². The van der Waals surface area contributed by atoms with Gasteiger partial charge in [-0.1, -0.05) is 0 Å². The van der Waals surface area contributed by atoms with Crippen LogP contribution in [0, 0.1) is 0 Å². The largest absolute Gasteiger partial charge is 0.496 e. The fraction of sp³-hybridized carbons (Fsp3) is 0.500. The van der Waals surface area contributed by atoms with E-state index in [2.05, 4.69) is 0 Å². The number of nitrogens with zero attached hydrogens (tertiary/aromatic N) is 1. The monoisotopic (exact) mass is 386 g/mol. The van der Waals surface area contributed by atoms with Crippen LogP contribution in [0.15, 0.2) is 23.1 Å². The third-order valence-electron chi connectivity index (χ3n) is 3.82. The van der Waals surface area contributed by atoms with Crippen LogP contribution in [0.4, 0.5) is 0 Å². The van der Waals surface area contributed by atoms with Crippen molar-refractivity contribution in [2.75, 3.05) is 26.8 Å². The van der Waals surface area contributed by atoms with Crippen LogP contribution in [-0.2, 0) is 24.3 Å². The van der Waals surface area contributed by atoms with Crippen molar-refractivity contribution < 1.29 is 32.2 Å². The topological polar surface area (TPSA) is 125 Å². The minimum absolute atomic E-state index is 0.107. The summed E-state index contributed by atoms with van der Waals surface area (Å²) in [5.74, 6) is -1.12. The molecule has 0 spiro atoms. The van der Waals surface area contributed by atoms with Gasteiger partial charge in [-0.3, -0.25) is 4.79 Å². The second kappa shape index (κ2) is 8.02. The average Bonchev–Trinajstić information content (AvgIpc) is 2.57. The zero-order chi connectivity index (χ0) is 19.5. The van der Waals surface area contributed by atoms with E-state index >= 15 is 0 Å². The quantitative estimate of drug-likeness (QED) is 0.713. The molecule has 1 heterocycles. The van der Waals surface area contributed by atoms with Crippen LogP contribution in [0.3, 0.4) is 0 Å². The zero-order valence-electron chi connectivity index (χ0n) is 14.8. The average molecular weight is 386 g/mol. The number of carbonyl (C=O) groups is 2. The molecule has 1 aromatic carbocycles. The number of hydrogen-bond acceptors (Lipinski definition) is 7. The predicted molar refractivity (Wildman–Crippen MR) is 91.2 cm³/mol. The summed E-state index contributed by atoms with van der Waals surface area (Å²) in [4.78, 5) is 25.8. The van der Waals surface area contributed by atoms with Crippen LogP contribution < -0.4 is 9.88 Å². The van der Waals surface area contributed by atoms with E-state index in [1.165, 1.54) is 19.2 Å². The smallest absolute Gasteiger partial charge is 0.342 e. The van der Waals surface area contributed by atoms with E-state index in [-0.39, 0.29) is 34.3 Å². The van der Waals surface area contributed by atoms with E-state index in [9.17, 15) is 18.0 Å². The van der Waals surface area contributed by atoms with Crippen LogP contribution in [0.2, 0.25) is 0 Å². The molecule has 2 N–H and O–H groups in total. The first-order valence-corrected chi connectivity index (χ1v) is 9.47. The molecule has 144 valence electrons. The van der Waals surface area contributed by atoms with Gasteiger partial charge in [0, 0.05) is 13.1 Å². The third kappa shape index (κ3) is 4.93. The van der Waals surface area contributed by atoms with Gasteiger partial charge in [0.25, 0.3) is 5.91 Å². The molecule has 1 amide bonds. The highest BCUT2D eigenvalue weighted by Gasteiger charge is 2.27. The number of ether oxygens (including phenoxy) is 3. The van der Waals surface area contributed by atoms with Crippen molar-refractivity contribution in [3.63, 3.8) is 0 Å². The molecule has 1 saturated heterocycles. The summed E-state index contributed by atoms with van der Waals surface area (Å²) >= 11 is 0. The summed E-state index contributed by atoms with van der Waals surface area (Å²) in [7, 11) is -2.67. The molecule has 1 fully saturated rings. The number of benzene rings is 1. The van der Waals surface area contributed by atoms with Crippen molar-refractivity contribution in [3.05, 3.63) is 23.8 Å². The molecule has 0 aliphatic carbocycles. The fourth-order valence-electron chi connectivity index (χ4n) is 2.70. The molecule has 1 aliphatic heterocycles. The Balaban J connectivity index is 2.08. The van der Waals surface area contributed by atoms with Crippen molar-refractivity contribution in [1.82, 2.24) is 4.90 Å². The van der Waals surface area contributed by atoms with Gasteiger partial charge >= 0.3 is 5.97 Å². The normalized spacial score (nSPS) is 20.5. The number of sulfonamides is 1. The van der Waals surface area contributed by atoms with Crippen molar-refractivity contribution in [2.24, 2.45) is 5.14 Å². The Bertz CT molecular complexity index is 784. The molecule has 1 aliphatic rings. The second-order valence-corrected chi connectivity index (χ2v) is 7.60. The molecule has 0 aromatic heterocycles. The molecule has 0 bridgehead atoms. The Kier molecular flexibility index (Phi) is 6.21. The molecule has 1 aromatic rings. The van der Waals surface area contributed by atoms with Gasteiger partial charge in [-0.25, -0.2) is 18.4 Å². The first kappa shape index (κ1) is 20.1. The first-order chi connectivity index (χ1) is 12.1. The summed E-state index contributed by atoms with van der Waals surface area (Å²) in [5, 5.41) is 5.07. The number of amides is 1. The van der Waals surface area contributed by atoms with E-state index in [0.29, 0.717) is 13.1 Å². The Labute approximate surface area is 152 Å². The van der Waals surface area contributed by atoms with Gasteiger partial charge in [0.1, 0.15) is 11.3 Å². The number of esters is 1. The molecule has 0 saturated carbocycles. The number of rotatable bonds is 5. The van der Waals surface area contributed by atoms with Crippen LogP contribution in [0.25, 0.3) is 0 Å². The van der Waals surface area contributed by atoms with Crippen molar-refractivity contribution in [2.45, 2.75) is 31.0 Å². The molecular weight excluding hydrogens is 364 g/mol. The second-order valence-electron chi connectivity index (χ2n) is 6.04. The summed E-state index contributed by atoms with van der Waals surface area (Å²) in [6.45, 7) is 4.05. The number of nitrogens with two attached hydrogens (primary N) is 1. The molecule has 2 atom stereocenters. The molecule has 2 rings (SSSR count). The highest BCUT2D eigenvalue weighted by Crippen LogP contribution is 2.23. The van der Waals surface area contributed by atoms with Gasteiger partial charge in [0.2, 0.25) is 10.0 Å². The number of morpholine rings is 1. The van der Waals surface area contributed by atoms with Gasteiger partial charge in [-0.15, -0.1) is 0 Å². The lowest BCUT2D eigenvalue weighted by Gasteiger charge is -2.35. The van der Waals surface area contributed by atoms with Gasteiger partial charge < -0.3 is 19.1 Å². The maximum absolute atomic E-state index is 12.3. The van der Waals surface area contributed by atoms with E-state index in [1.807, 2.05) is 13.8 Å². The van der Waals surface area contributed by atoms with Crippen LogP contribution in [-0.4, -0.2) is 64.2 Å². The number of methoxy groups -OCH3 is 1. The minimum atomic E-state index is -4.00. The molecule has 0 unspecified atom stereocenters. The molecule has 10 heteroatoms. The fourth-order valence-corrected chi connectivity index (χ4v) is 3.24. The molecular formula is C16H22N2O7S. The maximum atomic E-state index is 12.3. The molecule has 0 radical (unpaired) electrons. The summed E-state index contributed by atoms with van der Waals surface area (Å²) in [6, 6.07) is 3.57. The van der Waals surface area contributed by atoms with E-state index in [1.54, 1.807) is 4.90 Å². The van der Waals surface area contributed by atoms with Crippen molar-refractivity contribution in [3.8, 4) is 5.75 Å². The lowest BCUT2D eigenvalue weighted by Crippen LogP contribution is -2.49. The zero-order valence-corrected chi connectivity index (χ0v) is 15.6. The minimum Gasteiger partial charge on any atom is -0.496 e. The predicted octanol–water partition coefficient (Wildman–Crippen LogP) is 0.135. The summed E-state index contributed by atoms with van der Waals surface area (Å²) < 4.78 is 38.5. The Morgan fingerprint density at radius 3 is 2.42 bits per heavy atom. The van der Waals surface area contributed by atoms with Gasteiger partial charge in [-0.2, -0.15) is 0 Å². The third-order valence-corrected chi connectivity index (χ3v) is 4.73. The standard InChI is InChI=1S/C16H22N2O7S/c1-10-7-18(8-11(2)25-10)15(19)9-24-16(20)13-6-12(26(17,21)22)4-5-14(13)23-3/h4-6,10-11H,7-9H2,1-3H3,(H2,17,21,22)/t10-,11-/m1/s1. The maximum Gasteiger partial charge on any atom is 0.342 e. The molecule has 26 heavy (non-hydrogen) atoms. The van der Waals surface area contributed by atoms with Crippen LogP contribution in [0.1, 0.15) is 24.2 Å². The lowest BCUT2D eigenvalue weighted by molar-refractivity contribution is -0.146. The van der Waals surface area contributed by atoms with Crippen molar-refractivity contribution >= 4 is 21.9 Å². The van der Waals surface area contributed by atoms with Crippen LogP contribution >= 0.6 is 0 Å². The van der Waals surface area contributed by atoms with E-state index < -0.39 is 22.6 Å². The van der Waals surface area contributed by atoms with Gasteiger partial charge in [0.15, 0.2) is 6.61 Å². The van der Waals surface area contributed by atoms with E-state index in [0.717, 1.165) is 6.07 Å². The van der Waals surface area contributed by atoms with Gasteiger partial charge in [0.05, 0.1) is 24.2 Å². The Morgan fingerprint density at radius 1 is 1.27 bits per heavy atom. The number of carbonyl (C=O) groups excluding carboxylic acids is 2. The summed E-state index contributed by atoms with van der Waals surface area (Å²) in [5.41, 5.74) is -0.129. The number of hydrogen-bond donors (Lipinski definition) is 1. The lowest BCUT2D eigenvalue weighted by atomic mass is 10.2. The molecule has 9 nitrogen and oxygen atoms in total. The summed E-state index contributed by atoms with van der Waals surface area (Å²) in [6.07, 6.45) is -0.213. The first-order valence-electron chi connectivity index (χ1n) is 7.93.